The van der Waals surface area contributed by atoms with Crippen LogP contribution in [0.2, 0.25) is 0 Å². The molecule has 1 aliphatic heterocycles. The lowest BCUT2D eigenvalue weighted by atomic mass is 10.1. The molecule has 0 bridgehead atoms. The number of amides is 3. The zero-order chi connectivity index (χ0) is 13.3. The van der Waals surface area contributed by atoms with Crippen molar-refractivity contribution in [3.8, 4) is 0 Å². The molecule has 2 N–H and O–H groups in total. The van der Waals surface area contributed by atoms with Crippen LogP contribution >= 0.6 is 0 Å². The molecule has 0 spiro atoms. The fourth-order valence-corrected chi connectivity index (χ4v) is 1.94. The lowest BCUT2D eigenvalue weighted by molar-refractivity contribution is -0.120. The van der Waals surface area contributed by atoms with E-state index >= 15 is 0 Å². The molecular formula is C12H12N2O4. The van der Waals surface area contributed by atoms with Crippen molar-refractivity contribution in [2.45, 2.75) is 13.3 Å². The average molecular weight is 248 g/mol. The molecule has 1 aromatic carbocycles. The van der Waals surface area contributed by atoms with Gasteiger partial charge < -0.3 is 5.11 Å². The summed E-state index contributed by atoms with van der Waals surface area (Å²) in [6, 6.07) is 4.21. The summed E-state index contributed by atoms with van der Waals surface area (Å²) >= 11 is 0. The van der Waals surface area contributed by atoms with Crippen LogP contribution in [0.3, 0.4) is 0 Å². The van der Waals surface area contributed by atoms with Gasteiger partial charge in [0.2, 0.25) is 5.91 Å². The molecule has 0 saturated carbocycles. The summed E-state index contributed by atoms with van der Waals surface area (Å²) in [4.78, 5) is 35.1. The van der Waals surface area contributed by atoms with E-state index in [0.717, 1.165) is 0 Å². The Morgan fingerprint density at radius 3 is 2.72 bits per heavy atom. The normalized spacial score (nSPS) is 15.5. The number of aromatic carboxylic acids is 1. The molecule has 0 atom stereocenters. The zero-order valence-electron chi connectivity index (χ0n) is 9.77. The molecule has 2 rings (SSSR count). The summed E-state index contributed by atoms with van der Waals surface area (Å²) in [5, 5.41) is 11.2. The van der Waals surface area contributed by atoms with E-state index in [-0.39, 0.29) is 24.4 Å². The molecule has 6 heteroatoms. The number of hydrogen-bond donors (Lipinski definition) is 2. The number of nitrogens with zero attached hydrogens (tertiary/aromatic N) is 1. The van der Waals surface area contributed by atoms with Gasteiger partial charge in [0.15, 0.2) is 0 Å². The van der Waals surface area contributed by atoms with Crippen LogP contribution in [-0.2, 0) is 4.79 Å². The molecule has 0 aromatic heterocycles. The van der Waals surface area contributed by atoms with Gasteiger partial charge in [-0.2, -0.15) is 0 Å². The number of carbonyl (C=O) groups is 3. The number of carbonyl (C=O) groups excluding carboxylic acids is 2. The Labute approximate surface area is 103 Å². The van der Waals surface area contributed by atoms with Crippen LogP contribution in [0.25, 0.3) is 0 Å². The monoisotopic (exact) mass is 248 g/mol. The third kappa shape index (κ3) is 2.04. The number of nitrogens with one attached hydrogen (secondary N) is 1. The fraction of sp³-hybridized carbons (Fsp3) is 0.250. The highest BCUT2D eigenvalue weighted by Gasteiger charge is 2.26. The predicted octanol–water partition coefficient (Wildman–Crippen LogP) is 1.14. The van der Waals surface area contributed by atoms with Gasteiger partial charge in [0, 0.05) is 18.7 Å². The smallest absolute Gasteiger partial charge is 0.336 e. The number of hydrogen-bond acceptors (Lipinski definition) is 3. The van der Waals surface area contributed by atoms with Crippen molar-refractivity contribution in [3.05, 3.63) is 29.3 Å². The van der Waals surface area contributed by atoms with E-state index in [0.29, 0.717) is 11.3 Å². The first-order valence-corrected chi connectivity index (χ1v) is 5.45. The van der Waals surface area contributed by atoms with E-state index in [1.807, 2.05) is 0 Å². The van der Waals surface area contributed by atoms with Crippen LogP contribution in [0.5, 0.6) is 0 Å². The Morgan fingerprint density at radius 1 is 1.39 bits per heavy atom. The van der Waals surface area contributed by atoms with E-state index in [1.165, 1.54) is 11.0 Å². The van der Waals surface area contributed by atoms with Gasteiger partial charge in [0.05, 0.1) is 5.56 Å². The highest BCUT2D eigenvalue weighted by molar-refractivity contribution is 6.06. The van der Waals surface area contributed by atoms with E-state index in [9.17, 15) is 14.4 Å². The van der Waals surface area contributed by atoms with Crippen molar-refractivity contribution in [2.24, 2.45) is 0 Å². The quantitative estimate of drug-likeness (QED) is 0.821. The zero-order valence-corrected chi connectivity index (χ0v) is 9.77. The number of carboxylic acid groups (broad SMARTS) is 1. The Kier molecular flexibility index (Phi) is 3.01. The highest BCUT2D eigenvalue weighted by atomic mass is 16.4. The van der Waals surface area contributed by atoms with Crippen LogP contribution in [0.15, 0.2) is 18.2 Å². The van der Waals surface area contributed by atoms with Crippen molar-refractivity contribution in [1.82, 2.24) is 5.32 Å². The number of carboxylic acids is 1. The van der Waals surface area contributed by atoms with Gasteiger partial charge in [-0.1, -0.05) is 6.07 Å². The lowest BCUT2D eigenvalue weighted by Gasteiger charge is -2.28. The molecule has 6 nitrogen and oxygen atoms in total. The van der Waals surface area contributed by atoms with Crippen LogP contribution in [0.1, 0.15) is 22.3 Å². The standard InChI is InChI=1S/C12H12N2O4/c1-7-8(11(16)17)3-2-4-9(7)14-6-5-10(15)13-12(14)18/h2-4H,5-6H2,1H3,(H,16,17)(H,13,15,18). The predicted molar refractivity (Wildman–Crippen MR) is 63.6 cm³/mol. The van der Waals surface area contributed by atoms with E-state index in [4.69, 9.17) is 5.11 Å². The third-order valence-electron chi connectivity index (χ3n) is 2.88. The Bertz CT molecular complexity index is 539. The van der Waals surface area contributed by atoms with Crippen molar-refractivity contribution in [2.75, 3.05) is 11.4 Å². The Hall–Kier alpha value is -2.37. The molecule has 94 valence electrons. The fourth-order valence-electron chi connectivity index (χ4n) is 1.94. The Morgan fingerprint density at radius 2 is 2.11 bits per heavy atom. The van der Waals surface area contributed by atoms with E-state index in [1.54, 1.807) is 19.1 Å². The van der Waals surface area contributed by atoms with E-state index < -0.39 is 12.0 Å². The maximum atomic E-state index is 11.7. The number of benzene rings is 1. The van der Waals surface area contributed by atoms with Gasteiger partial charge >= 0.3 is 12.0 Å². The first kappa shape index (κ1) is 12.1. The van der Waals surface area contributed by atoms with Gasteiger partial charge in [0.25, 0.3) is 0 Å². The first-order valence-electron chi connectivity index (χ1n) is 5.45. The molecular weight excluding hydrogens is 236 g/mol. The minimum atomic E-state index is -1.04. The van der Waals surface area contributed by atoms with Gasteiger partial charge in [-0.15, -0.1) is 0 Å². The number of urea groups is 1. The minimum absolute atomic E-state index is 0.150. The maximum absolute atomic E-state index is 11.7. The molecule has 0 radical (unpaired) electrons. The number of anilines is 1. The molecule has 1 aromatic rings. The van der Waals surface area contributed by atoms with E-state index in [2.05, 4.69) is 5.32 Å². The maximum Gasteiger partial charge on any atom is 0.336 e. The second-order valence-electron chi connectivity index (χ2n) is 4.01. The average Bonchev–Trinajstić information content (AvgIpc) is 2.30. The molecule has 0 aliphatic carbocycles. The van der Waals surface area contributed by atoms with Crippen molar-refractivity contribution < 1.29 is 19.5 Å². The van der Waals surface area contributed by atoms with Gasteiger partial charge in [-0.3, -0.25) is 15.0 Å². The Balaban J connectivity index is 2.39. The van der Waals surface area contributed by atoms with Crippen LogP contribution in [0.4, 0.5) is 10.5 Å². The lowest BCUT2D eigenvalue weighted by Crippen LogP contribution is -2.49. The van der Waals surface area contributed by atoms with Gasteiger partial charge in [-0.25, -0.2) is 9.59 Å². The molecule has 3 amide bonds. The van der Waals surface area contributed by atoms with Crippen molar-refractivity contribution >= 4 is 23.6 Å². The van der Waals surface area contributed by atoms with Gasteiger partial charge in [0.1, 0.15) is 0 Å². The molecule has 0 unspecified atom stereocenters. The largest absolute Gasteiger partial charge is 0.478 e. The second-order valence-corrected chi connectivity index (χ2v) is 4.01. The SMILES string of the molecule is Cc1c(C(=O)O)cccc1N1CCC(=O)NC1=O. The third-order valence-corrected chi connectivity index (χ3v) is 2.88. The van der Waals surface area contributed by atoms with Crippen molar-refractivity contribution in [1.29, 1.82) is 0 Å². The molecule has 1 heterocycles. The molecule has 1 fully saturated rings. The van der Waals surface area contributed by atoms with Crippen LogP contribution < -0.4 is 10.2 Å². The topological polar surface area (TPSA) is 86.7 Å². The number of imide groups is 1. The molecule has 1 aliphatic rings. The summed E-state index contributed by atoms with van der Waals surface area (Å²) < 4.78 is 0. The molecule has 1 saturated heterocycles. The van der Waals surface area contributed by atoms with Gasteiger partial charge in [-0.05, 0) is 24.6 Å². The summed E-state index contributed by atoms with van der Waals surface area (Å²) in [6.45, 7) is 1.90. The van der Waals surface area contributed by atoms with Crippen LogP contribution in [-0.4, -0.2) is 29.6 Å². The highest BCUT2D eigenvalue weighted by Crippen LogP contribution is 2.24. The van der Waals surface area contributed by atoms with Crippen LogP contribution in [0, 0.1) is 6.92 Å². The summed E-state index contributed by atoms with van der Waals surface area (Å²) in [6.07, 6.45) is 0.211. The first-order chi connectivity index (χ1) is 8.50. The number of rotatable bonds is 2. The minimum Gasteiger partial charge on any atom is -0.478 e. The second kappa shape index (κ2) is 4.48. The van der Waals surface area contributed by atoms with Crippen molar-refractivity contribution in [3.63, 3.8) is 0 Å². The summed E-state index contributed by atoms with van der Waals surface area (Å²) in [5.74, 6) is -1.36. The summed E-state index contributed by atoms with van der Waals surface area (Å²) in [5.41, 5.74) is 1.17. The molecule has 18 heavy (non-hydrogen) atoms. The summed E-state index contributed by atoms with van der Waals surface area (Å²) in [7, 11) is 0.